The number of hydrogen-bond donors (Lipinski definition) is 3. The molecule has 0 spiro atoms. The average molecular weight is 581 g/mol. The van der Waals surface area contributed by atoms with Crippen LogP contribution in [-0.4, -0.2) is 42.9 Å². The fraction of sp³-hybridized carbons (Fsp3) is 0.833. The Balaban J connectivity index is 1.39. The molecule has 2 amide bonds. The number of terminal acetylenes is 1. The van der Waals surface area contributed by atoms with Crippen LogP contribution in [0, 0.1) is 69.0 Å². The van der Waals surface area contributed by atoms with Crippen molar-refractivity contribution in [2.24, 2.45) is 56.7 Å². The number of rotatable bonds is 6. The molecule has 3 N–H and O–H groups in total. The van der Waals surface area contributed by atoms with Gasteiger partial charge in [0.15, 0.2) is 6.61 Å². The molecule has 5 aliphatic carbocycles. The van der Waals surface area contributed by atoms with Gasteiger partial charge in [-0.1, -0.05) is 52.7 Å². The number of aliphatic hydroxyl groups is 1. The molecule has 0 aromatic heterocycles. The highest BCUT2D eigenvalue weighted by Gasteiger charge is 2.71. The van der Waals surface area contributed by atoms with Gasteiger partial charge in [0.25, 0.3) is 0 Å². The van der Waals surface area contributed by atoms with Crippen molar-refractivity contribution in [3.63, 3.8) is 0 Å². The molecule has 0 saturated heterocycles. The van der Waals surface area contributed by atoms with Gasteiger partial charge in [0.1, 0.15) is 0 Å². The smallest absolute Gasteiger partial charge is 0.408 e. The maximum absolute atomic E-state index is 14.1. The number of ether oxygens (including phenoxy) is 1. The quantitative estimate of drug-likeness (QED) is 0.191. The summed E-state index contributed by atoms with van der Waals surface area (Å²) < 4.78 is 4.88. The molecule has 0 aromatic carbocycles. The zero-order chi connectivity index (χ0) is 30.7. The third kappa shape index (κ3) is 4.46. The molecule has 5 aliphatic rings. The number of hydrogen-bond acceptors (Lipinski definition) is 4. The van der Waals surface area contributed by atoms with Crippen LogP contribution in [0.5, 0.6) is 0 Å². The van der Waals surface area contributed by atoms with E-state index in [0.29, 0.717) is 42.7 Å². The fourth-order valence-corrected chi connectivity index (χ4v) is 12.2. The lowest BCUT2D eigenvalue weighted by Gasteiger charge is -2.72. The number of alkyl carbamates (subject to hydrolysis) is 1. The first-order valence-corrected chi connectivity index (χ1v) is 16.6. The lowest BCUT2D eigenvalue weighted by molar-refractivity contribution is -0.246. The van der Waals surface area contributed by atoms with Gasteiger partial charge in [-0.3, -0.25) is 4.79 Å². The van der Waals surface area contributed by atoms with Crippen molar-refractivity contribution in [3.05, 3.63) is 12.2 Å². The molecule has 5 saturated carbocycles. The van der Waals surface area contributed by atoms with Crippen LogP contribution in [-0.2, 0) is 9.53 Å². The minimum atomic E-state index is -0.556. The molecule has 42 heavy (non-hydrogen) atoms. The van der Waals surface area contributed by atoms with E-state index in [2.05, 4.69) is 64.7 Å². The molecule has 10 unspecified atom stereocenters. The Kier molecular flexibility index (Phi) is 8.13. The summed E-state index contributed by atoms with van der Waals surface area (Å²) in [6.45, 7) is 19.7. The molecule has 6 heteroatoms. The van der Waals surface area contributed by atoms with Crippen LogP contribution in [0.15, 0.2) is 12.2 Å². The standard InChI is InChI=1S/C36H56N2O4/c1-9-22-42-31(41)38-21-20-37-30(40)36-17-12-24(23(2)3)29(36)25-10-11-27-33(6)15-14-28(39)32(4,5)26(33)13-16-35(27,8)34(25,7)18-19-36/h1,24-29,39H,2,10-22H2,3-8H3,(H,37,40)(H,38,41). The van der Waals surface area contributed by atoms with Crippen molar-refractivity contribution >= 4 is 12.0 Å². The average Bonchev–Trinajstić information content (AvgIpc) is 3.34. The highest BCUT2D eigenvalue weighted by Crippen LogP contribution is 2.77. The number of aliphatic hydroxyl groups excluding tert-OH is 1. The van der Waals surface area contributed by atoms with Gasteiger partial charge in [-0.25, -0.2) is 4.79 Å². The molecule has 0 bridgehead atoms. The fourth-order valence-electron chi connectivity index (χ4n) is 12.2. The van der Waals surface area contributed by atoms with Crippen molar-refractivity contribution < 1.29 is 19.4 Å². The Labute approximate surface area is 254 Å². The van der Waals surface area contributed by atoms with Gasteiger partial charge in [-0.2, -0.15) is 0 Å². The number of fused-ring (bicyclic) bond motifs is 7. The summed E-state index contributed by atoms with van der Waals surface area (Å²) in [6, 6.07) is 0. The first-order chi connectivity index (χ1) is 19.7. The monoisotopic (exact) mass is 580 g/mol. The van der Waals surface area contributed by atoms with E-state index in [1.807, 2.05) is 0 Å². The van der Waals surface area contributed by atoms with Gasteiger partial charge in [-0.05, 0) is 122 Å². The van der Waals surface area contributed by atoms with Gasteiger partial charge < -0.3 is 20.5 Å². The Morgan fingerprint density at radius 3 is 2.31 bits per heavy atom. The van der Waals surface area contributed by atoms with Crippen LogP contribution in [0.25, 0.3) is 0 Å². The van der Waals surface area contributed by atoms with Crippen LogP contribution < -0.4 is 10.6 Å². The topological polar surface area (TPSA) is 87.7 Å². The summed E-state index contributed by atoms with van der Waals surface area (Å²) in [5, 5.41) is 16.9. The van der Waals surface area contributed by atoms with Gasteiger partial charge >= 0.3 is 6.09 Å². The van der Waals surface area contributed by atoms with Gasteiger partial charge in [0.2, 0.25) is 5.91 Å². The van der Waals surface area contributed by atoms with Crippen molar-refractivity contribution in [2.75, 3.05) is 19.7 Å². The SMILES string of the molecule is C#CCOC(=O)NCCNC(=O)C12CCC(C(=C)C)C1C1CCC3C4(C)CCC(O)C(C)(C)C4CCC3(C)C1(C)CC2. The number of nitrogens with one attached hydrogen (secondary N) is 2. The van der Waals surface area contributed by atoms with E-state index < -0.39 is 6.09 Å². The summed E-state index contributed by atoms with van der Waals surface area (Å²) >= 11 is 0. The zero-order valence-electron chi connectivity index (χ0n) is 27.1. The molecule has 234 valence electrons. The molecule has 0 aliphatic heterocycles. The van der Waals surface area contributed by atoms with E-state index in [1.165, 1.54) is 31.3 Å². The number of allylic oxidation sites excluding steroid dienone is 1. The molecule has 10 atom stereocenters. The van der Waals surface area contributed by atoms with E-state index in [-0.39, 0.29) is 45.7 Å². The van der Waals surface area contributed by atoms with E-state index in [9.17, 15) is 14.7 Å². The minimum absolute atomic E-state index is 0.0463. The molecule has 5 fully saturated rings. The van der Waals surface area contributed by atoms with Gasteiger partial charge in [0.05, 0.1) is 11.5 Å². The Morgan fingerprint density at radius 2 is 1.62 bits per heavy atom. The Hall–Kier alpha value is -2.00. The highest BCUT2D eigenvalue weighted by atomic mass is 16.5. The van der Waals surface area contributed by atoms with Crippen LogP contribution in [0.4, 0.5) is 4.79 Å². The van der Waals surface area contributed by atoms with E-state index in [4.69, 9.17) is 11.2 Å². The summed E-state index contributed by atoms with van der Waals surface area (Å²) in [6.07, 6.45) is 15.2. The van der Waals surface area contributed by atoms with E-state index in [1.54, 1.807) is 0 Å². The second kappa shape index (κ2) is 10.9. The minimum Gasteiger partial charge on any atom is -0.436 e. The lowest BCUT2D eigenvalue weighted by atomic mass is 9.32. The number of carbonyl (C=O) groups is 2. The molecule has 5 rings (SSSR count). The second-order valence-corrected chi connectivity index (χ2v) is 16.2. The summed E-state index contributed by atoms with van der Waals surface area (Å²) in [5.41, 5.74) is 1.43. The third-order valence-electron chi connectivity index (χ3n) is 14.5. The molecule has 0 radical (unpaired) electrons. The largest absolute Gasteiger partial charge is 0.436 e. The summed E-state index contributed by atoms with van der Waals surface area (Å²) in [4.78, 5) is 25.9. The number of carbonyl (C=O) groups excluding carboxylic acids is 2. The van der Waals surface area contributed by atoms with Gasteiger partial charge in [-0.15, -0.1) is 6.42 Å². The predicted octanol–water partition coefficient (Wildman–Crippen LogP) is 6.48. The first kappa shape index (κ1) is 31.4. The van der Waals surface area contributed by atoms with Crippen LogP contribution >= 0.6 is 0 Å². The van der Waals surface area contributed by atoms with Crippen LogP contribution in [0.3, 0.4) is 0 Å². The highest BCUT2D eigenvalue weighted by molar-refractivity contribution is 5.84. The van der Waals surface area contributed by atoms with E-state index in [0.717, 1.165) is 38.5 Å². The molecule has 0 aromatic rings. The van der Waals surface area contributed by atoms with Crippen molar-refractivity contribution in [2.45, 2.75) is 112 Å². The lowest BCUT2D eigenvalue weighted by Crippen LogP contribution is -2.67. The molecule has 0 heterocycles. The maximum atomic E-state index is 14.1. The second-order valence-electron chi connectivity index (χ2n) is 16.2. The Morgan fingerprint density at radius 1 is 0.905 bits per heavy atom. The van der Waals surface area contributed by atoms with Crippen molar-refractivity contribution in [1.82, 2.24) is 10.6 Å². The van der Waals surface area contributed by atoms with E-state index >= 15 is 0 Å². The summed E-state index contributed by atoms with van der Waals surface area (Å²) in [7, 11) is 0. The maximum Gasteiger partial charge on any atom is 0.408 e. The molecular weight excluding hydrogens is 524 g/mol. The first-order valence-electron chi connectivity index (χ1n) is 16.6. The zero-order valence-corrected chi connectivity index (χ0v) is 27.1. The van der Waals surface area contributed by atoms with Crippen molar-refractivity contribution in [1.29, 1.82) is 0 Å². The Bertz CT molecular complexity index is 1140. The van der Waals surface area contributed by atoms with Crippen LogP contribution in [0.2, 0.25) is 0 Å². The van der Waals surface area contributed by atoms with Crippen molar-refractivity contribution in [3.8, 4) is 12.3 Å². The van der Waals surface area contributed by atoms with Crippen LogP contribution in [0.1, 0.15) is 106 Å². The third-order valence-corrected chi connectivity index (χ3v) is 14.5. The molecular formula is C36H56N2O4. The normalized spacial score (nSPS) is 45.2. The van der Waals surface area contributed by atoms with Gasteiger partial charge in [0, 0.05) is 13.1 Å². The predicted molar refractivity (Wildman–Crippen MR) is 166 cm³/mol. The summed E-state index contributed by atoms with van der Waals surface area (Å²) in [5.74, 6) is 4.79. The molecule has 6 nitrogen and oxygen atoms in total. The number of amides is 2.